The summed E-state index contributed by atoms with van der Waals surface area (Å²) in [7, 11) is -4.20. The van der Waals surface area contributed by atoms with Crippen LogP contribution in [-0.4, -0.2) is 25.0 Å². The summed E-state index contributed by atoms with van der Waals surface area (Å²) < 4.78 is 30.5. The lowest BCUT2D eigenvalue weighted by Gasteiger charge is -2.15. The van der Waals surface area contributed by atoms with Crippen molar-refractivity contribution in [2.45, 2.75) is 37.6 Å². The first kappa shape index (κ1) is 15.5. The maximum absolute atomic E-state index is 11.6. The molecular formula is C12H18N2O4S. The predicted octanol–water partition coefficient (Wildman–Crippen LogP) is 2.24. The summed E-state index contributed by atoms with van der Waals surface area (Å²) in [6.07, 6.45) is 1.68. The van der Waals surface area contributed by atoms with Gasteiger partial charge in [0.2, 0.25) is 0 Å². The highest BCUT2D eigenvalue weighted by Gasteiger charge is 2.10. The van der Waals surface area contributed by atoms with Crippen LogP contribution < -0.4 is 10.6 Å². The van der Waals surface area contributed by atoms with E-state index in [1.165, 1.54) is 24.3 Å². The van der Waals surface area contributed by atoms with Gasteiger partial charge in [0.15, 0.2) is 0 Å². The molecule has 0 atom stereocenters. The van der Waals surface area contributed by atoms with Gasteiger partial charge >= 0.3 is 6.03 Å². The maximum Gasteiger partial charge on any atom is 0.319 e. The molecule has 0 fully saturated rings. The van der Waals surface area contributed by atoms with E-state index in [9.17, 15) is 13.2 Å². The van der Waals surface area contributed by atoms with Crippen LogP contribution in [0.2, 0.25) is 0 Å². The Bertz CT molecular complexity index is 521. The van der Waals surface area contributed by atoms with Gasteiger partial charge in [-0.2, -0.15) is 8.42 Å². The lowest BCUT2D eigenvalue weighted by atomic mass is 10.2. The lowest BCUT2D eigenvalue weighted by Crippen LogP contribution is -2.37. The minimum atomic E-state index is -4.20. The fourth-order valence-corrected chi connectivity index (χ4v) is 2.04. The summed E-state index contributed by atoms with van der Waals surface area (Å²) in [5.74, 6) is 0. The molecular weight excluding hydrogens is 268 g/mol. The molecule has 106 valence electrons. The zero-order chi connectivity index (χ0) is 14.5. The third-order valence-corrected chi connectivity index (χ3v) is 3.60. The van der Waals surface area contributed by atoms with E-state index in [-0.39, 0.29) is 17.0 Å². The number of hydrogen-bond acceptors (Lipinski definition) is 3. The molecule has 0 spiro atoms. The molecule has 1 aromatic carbocycles. The van der Waals surface area contributed by atoms with E-state index in [4.69, 9.17) is 4.55 Å². The average molecular weight is 286 g/mol. The second-order valence-corrected chi connectivity index (χ2v) is 5.53. The second-order valence-electron chi connectivity index (χ2n) is 4.11. The highest BCUT2D eigenvalue weighted by molar-refractivity contribution is 7.85. The Balaban J connectivity index is 2.66. The molecule has 1 aromatic rings. The van der Waals surface area contributed by atoms with Gasteiger partial charge in [0, 0.05) is 11.7 Å². The van der Waals surface area contributed by atoms with Crippen LogP contribution in [0.15, 0.2) is 29.2 Å². The smallest absolute Gasteiger partial charge is 0.319 e. The largest absolute Gasteiger partial charge is 0.335 e. The lowest BCUT2D eigenvalue weighted by molar-refractivity contribution is 0.247. The molecule has 0 bridgehead atoms. The van der Waals surface area contributed by atoms with Crippen LogP contribution in [0.5, 0.6) is 0 Å². The van der Waals surface area contributed by atoms with Gasteiger partial charge in [-0.3, -0.25) is 4.55 Å². The molecule has 0 unspecified atom stereocenters. The molecule has 0 heterocycles. The van der Waals surface area contributed by atoms with Crippen molar-refractivity contribution in [2.75, 3.05) is 5.32 Å². The summed E-state index contributed by atoms with van der Waals surface area (Å²) in [6, 6.07) is 5.04. The number of carbonyl (C=O) groups excluding carboxylic acids is 1. The number of hydrogen-bond donors (Lipinski definition) is 3. The average Bonchev–Trinajstić information content (AvgIpc) is 2.35. The highest BCUT2D eigenvalue weighted by Crippen LogP contribution is 2.13. The molecule has 0 saturated heterocycles. The van der Waals surface area contributed by atoms with Crippen molar-refractivity contribution < 1.29 is 17.8 Å². The number of amides is 2. The molecule has 0 saturated carbocycles. The van der Waals surface area contributed by atoms with Crippen LogP contribution in [0.25, 0.3) is 0 Å². The van der Waals surface area contributed by atoms with E-state index in [2.05, 4.69) is 10.6 Å². The Kier molecular flexibility index (Phi) is 5.31. The molecule has 0 radical (unpaired) electrons. The quantitative estimate of drug-likeness (QED) is 0.723. The van der Waals surface area contributed by atoms with E-state index < -0.39 is 10.1 Å². The van der Waals surface area contributed by atoms with Crippen LogP contribution in [0.4, 0.5) is 10.5 Å². The summed E-state index contributed by atoms with van der Waals surface area (Å²) in [5.41, 5.74) is 0.454. The summed E-state index contributed by atoms with van der Waals surface area (Å²) >= 11 is 0. The Morgan fingerprint density at radius 3 is 2.16 bits per heavy atom. The standard InChI is InChI=1S/C12H18N2O4S/c1-3-9(4-2)13-12(15)14-10-5-7-11(8-6-10)19(16,17)18/h5-9H,3-4H2,1-2H3,(H2,13,14,15)(H,16,17,18). The highest BCUT2D eigenvalue weighted by atomic mass is 32.2. The molecule has 19 heavy (non-hydrogen) atoms. The fourth-order valence-electron chi connectivity index (χ4n) is 1.56. The third-order valence-electron chi connectivity index (χ3n) is 2.73. The van der Waals surface area contributed by atoms with Crippen molar-refractivity contribution in [1.82, 2.24) is 5.32 Å². The molecule has 7 heteroatoms. The van der Waals surface area contributed by atoms with Gasteiger partial charge in [-0.1, -0.05) is 13.8 Å². The fraction of sp³-hybridized carbons (Fsp3) is 0.417. The van der Waals surface area contributed by atoms with Crippen LogP contribution in [0, 0.1) is 0 Å². The first-order chi connectivity index (χ1) is 8.86. The van der Waals surface area contributed by atoms with Crippen LogP contribution in [-0.2, 0) is 10.1 Å². The van der Waals surface area contributed by atoms with Gasteiger partial charge in [0.05, 0.1) is 4.90 Å². The number of nitrogens with one attached hydrogen (secondary N) is 2. The maximum atomic E-state index is 11.6. The van der Waals surface area contributed by atoms with Gasteiger partial charge in [-0.05, 0) is 37.1 Å². The Labute approximate surface area is 113 Å². The minimum absolute atomic E-state index is 0.108. The van der Waals surface area contributed by atoms with Crippen molar-refractivity contribution in [3.63, 3.8) is 0 Å². The first-order valence-electron chi connectivity index (χ1n) is 6.01. The van der Waals surface area contributed by atoms with Crippen LogP contribution >= 0.6 is 0 Å². The van der Waals surface area contributed by atoms with Gasteiger partial charge in [0.25, 0.3) is 10.1 Å². The molecule has 1 rings (SSSR count). The Morgan fingerprint density at radius 1 is 1.21 bits per heavy atom. The van der Waals surface area contributed by atoms with Crippen LogP contribution in [0.3, 0.4) is 0 Å². The summed E-state index contributed by atoms with van der Waals surface area (Å²) in [5, 5.41) is 5.39. The zero-order valence-corrected chi connectivity index (χ0v) is 11.7. The molecule has 2 amide bonds. The number of rotatable bonds is 5. The first-order valence-corrected chi connectivity index (χ1v) is 7.45. The second kappa shape index (κ2) is 6.53. The Hall–Kier alpha value is -1.60. The number of benzene rings is 1. The molecule has 0 aliphatic rings. The molecule has 0 aliphatic heterocycles. The van der Waals surface area contributed by atoms with Gasteiger partial charge in [-0.25, -0.2) is 4.79 Å². The number of urea groups is 1. The van der Waals surface area contributed by atoms with Gasteiger partial charge in [-0.15, -0.1) is 0 Å². The summed E-state index contributed by atoms with van der Waals surface area (Å²) in [6.45, 7) is 3.96. The van der Waals surface area contributed by atoms with E-state index in [1.807, 2.05) is 13.8 Å². The normalized spacial score (nSPS) is 11.4. The van der Waals surface area contributed by atoms with Crippen molar-refractivity contribution >= 4 is 21.8 Å². The van der Waals surface area contributed by atoms with Crippen molar-refractivity contribution in [3.8, 4) is 0 Å². The van der Waals surface area contributed by atoms with E-state index in [1.54, 1.807) is 0 Å². The van der Waals surface area contributed by atoms with E-state index in [0.717, 1.165) is 12.8 Å². The monoisotopic (exact) mass is 286 g/mol. The minimum Gasteiger partial charge on any atom is -0.335 e. The molecule has 6 nitrogen and oxygen atoms in total. The van der Waals surface area contributed by atoms with Crippen LogP contribution in [0.1, 0.15) is 26.7 Å². The predicted molar refractivity (Wildman–Crippen MR) is 72.8 cm³/mol. The molecule has 3 N–H and O–H groups in total. The molecule has 0 aliphatic carbocycles. The van der Waals surface area contributed by atoms with Gasteiger partial charge in [0.1, 0.15) is 0 Å². The van der Waals surface area contributed by atoms with Crippen molar-refractivity contribution in [2.24, 2.45) is 0 Å². The molecule has 0 aromatic heterocycles. The van der Waals surface area contributed by atoms with Crippen molar-refractivity contribution in [1.29, 1.82) is 0 Å². The number of carbonyl (C=O) groups is 1. The Morgan fingerprint density at radius 2 is 1.74 bits per heavy atom. The summed E-state index contributed by atoms with van der Waals surface area (Å²) in [4.78, 5) is 11.4. The van der Waals surface area contributed by atoms with Gasteiger partial charge < -0.3 is 10.6 Å². The topological polar surface area (TPSA) is 95.5 Å². The SMILES string of the molecule is CCC(CC)NC(=O)Nc1ccc(S(=O)(=O)O)cc1. The van der Waals surface area contributed by atoms with E-state index >= 15 is 0 Å². The third kappa shape index (κ3) is 4.88. The zero-order valence-electron chi connectivity index (χ0n) is 10.9. The van der Waals surface area contributed by atoms with E-state index in [0.29, 0.717) is 5.69 Å². The number of anilines is 1. The van der Waals surface area contributed by atoms with Crippen molar-refractivity contribution in [3.05, 3.63) is 24.3 Å².